The molecule has 0 saturated carbocycles. The first-order valence-electron chi connectivity index (χ1n) is 6.53. The van der Waals surface area contributed by atoms with E-state index in [1.165, 1.54) is 24.3 Å². The fraction of sp³-hybridized carbons (Fsp3) is 0.267. The Balaban J connectivity index is 2.75. The van der Waals surface area contributed by atoms with Crippen LogP contribution in [0.2, 0.25) is 0 Å². The fourth-order valence-corrected chi connectivity index (χ4v) is 2.04. The summed E-state index contributed by atoms with van der Waals surface area (Å²) in [7, 11) is 1.66. The van der Waals surface area contributed by atoms with Gasteiger partial charge in [0, 0.05) is 12.6 Å². The van der Waals surface area contributed by atoms with Crippen molar-refractivity contribution in [1.82, 2.24) is 9.97 Å². The van der Waals surface area contributed by atoms with Crippen LogP contribution in [0.25, 0.3) is 11.3 Å². The highest BCUT2D eigenvalue weighted by atomic mass is 19.1. The summed E-state index contributed by atoms with van der Waals surface area (Å²) >= 11 is 0. The Morgan fingerprint density at radius 2 is 1.86 bits per heavy atom. The second-order valence-electron chi connectivity index (χ2n) is 4.87. The number of rotatable bonds is 4. The largest absolute Gasteiger partial charge is 0.478 e. The highest BCUT2D eigenvalue weighted by Gasteiger charge is 2.23. The summed E-state index contributed by atoms with van der Waals surface area (Å²) in [4.78, 5) is 20.1. The molecule has 2 N–H and O–H groups in total. The van der Waals surface area contributed by atoms with Crippen molar-refractivity contribution in [3.05, 3.63) is 41.3 Å². The van der Waals surface area contributed by atoms with Gasteiger partial charge >= 0.3 is 5.97 Å². The second kappa shape index (κ2) is 5.87. The molecule has 0 spiro atoms. The smallest absolute Gasteiger partial charge is 0.339 e. The molecule has 110 valence electrons. The molecule has 2 aromatic rings. The molecule has 0 aliphatic rings. The van der Waals surface area contributed by atoms with Gasteiger partial charge in [0.1, 0.15) is 11.4 Å². The van der Waals surface area contributed by atoms with Gasteiger partial charge in [0.15, 0.2) is 0 Å². The highest BCUT2D eigenvalue weighted by Crippen LogP contribution is 2.29. The molecule has 6 heteroatoms. The van der Waals surface area contributed by atoms with Crippen LogP contribution in [0.4, 0.5) is 10.3 Å². The lowest BCUT2D eigenvalue weighted by Crippen LogP contribution is -2.13. The molecule has 0 atom stereocenters. The normalized spacial score (nSPS) is 10.7. The van der Waals surface area contributed by atoms with E-state index in [9.17, 15) is 14.3 Å². The van der Waals surface area contributed by atoms with Crippen molar-refractivity contribution in [1.29, 1.82) is 0 Å². The van der Waals surface area contributed by atoms with E-state index >= 15 is 0 Å². The molecular formula is C15H16FN3O2. The number of hydrogen-bond donors (Lipinski definition) is 2. The Bertz CT molecular complexity index is 669. The van der Waals surface area contributed by atoms with Gasteiger partial charge < -0.3 is 10.4 Å². The van der Waals surface area contributed by atoms with E-state index < -0.39 is 5.97 Å². The minimum Gasteiger partial charge on any atom is -0.478 e. The lowest BCUT2D eigenvalue weighted by molar-refractivity contribution is 0.0695. The van der Waals surface area contributed by atoms with Crippen molar-refractivity contribution in [2.24, 2.45) is 0 Å². The molecule has 21 heavy (non-hydrogen) atoms. The molecule has 0 fully saturated rings. The van der Waals surface area contributed by atoms with E-state index in [-0.39, 0.29) is 23.0 Å². The SMILES string of the molecule is CNc1nc(-c2ccc(F)cc2)c(C(=O)O)c(C(C)C)n1. The molecule has 0 radical (unpaired) electrons. The average molecular weight is 289 g/mol. The van der Waals surface area contributed by atoms with Crippen LogP contribution in [0.1, 0.15) is 35.8 Å². The van der Waals surface area contributed by atoms with Gasteiger partial charge in [-0.1, -0.05) is 13.8 Å². The van der Waals surface area contributed by atoms with Crippen LogP contribution in [0, 0.1) is 5.82 Å². The third-order valence-corrected chi connectivity index (χ3v) is 3.04. The van der Waals surface area contributed by atoms with Gasteiger partial charge in [-0.3, -0.25) is 0 Å². The standard InChI is InChI=1S/C15H16FN3O2/c1-8(2)12-11(14(20)21)13(19-15(17-3)18-12)9-4-6-10(16)7-5-9/h4-8H,1-3H3,(H,20,21)(H,17,18,19). The van der Waals surface area contributed by atoms with E-state index in [2.05, 4.69) is 15.3 Å². The first-order chi connectivity index (χ1) is 9.93. The lowest BCUT2D eigenvalue weighted by atomic mass is 9.98. The van der Waals surface area contributed by atoms with Gasteiger partial charge in [0.25, 0.3) is 0 Å². The van der Waals surface area contributed by atoms with Crippen LogP contribution in [0.15, 0.2) is 24.3 Å². The Morgan fingerprint density at radius 3 is 2.33 bits per heavy atom. The van der Waals surface area contributed by atoms with Crippen LogP contribution in [-0.2, 0) is 0 Å². The zero-order chi connectivity index (χ0) is 15.6. The number of aromatic carboxylic acids is 1. The minimum atomic E-state index is -1.10. The fourth-order valence-electron chi connectivity index (χ4n) is 2.04. The highest BCUT2D eigenvalue weighted by molar-refractivity contribution is 5.96. The number of anilines is 1. The van der Waals surface area contributed by atoms with E-state index in [4.69, 9.17) is 0 Å². The van der Waals surface area contributed by atoms with E-state index in [0.717, 1.165) is 0 Å². The van der Waals surface area contributed by atoms with Crippen molar-refractivity contribution in [3.8, 4) is 11.3 Å². The maximum absolute atomic E-state index is 13.1. The number of carbonyl (C=O) groups is 1. The third kappa shape index (κ3) is 2.99. The average Bonchev–Trinajstić information content (AvgIpc) is 2.46. The molecule has 2 rings (SSSR count). The van der Waals surface area contributed by atoms with Crippen molar-refractivity contribution >= 4 is 11.9 Å². The molecule has 1 aromatic heterocycles. The summed E-state index contributed by atoms with van der Waals surface area (Å²) in [6.07, 6.45) is 0. The molecule has 0 bridgehead atoms. The van der Waals surface area contributed by atoms with Crippen LogP contribution >= 0.6 is 0 Å². The van der Waals surface area contributed by atoms with Gasteiger partial charge in [-0.2, -0.15) is 0 Å². The van der Waals surface area contributed by atoms with Gasteiger partial charge in [-0.05, 0) is 30.2 Å². The molecule has 0 aliphatic carbocycles. The van der Waals surface area contributed by atoms with Crippen molar-refractivity contribution in [2.75, 3.05) is 12.4 Å². The summed E-state index contributed by atoms with van der Waals surface area (Å²) in [5.41, 5.74) is 1.32. The van der Waals surface area contributed by atoms with Crippen molar-refractivity contribution < 1.29 is 14.3 Å². The Morgan fingerprint density at radius 1 is 1.24 bits per heavy atom. The summed E-state index contributed by atoms with van der Waals surface area (Å²) in [5, 5.41) is 12.3. The monoisotopic (exact) mass is 289 g/mol. The first-order valence-corrected chi connectivity index (χ1v) is 6.53. The Hall–Kier alpha value is -2.50. The predicted octanol–water partition coefficient (Wildman–Crippen LogP) is 3.15. The quantitative estimate of drug-likeness (QED) is 0.904. The van der Waals surface area contributed by atoms with Crippen LogP contribution in [0.3, 0.4) is 0 Å². The Kier molecular flexibility index (Phi) is 4.16. The maximum Gasteiger partial charge on any atom is 0.339 e. The maximum atomic E-state index is 13.1. The van der Waals surface area contributed by atoms with Crippen molar-refractivity contribution in [3.63, 3.8) is 0 Å². The second-order valence-corrected chi connectivity index (χ2v) is 4.87. The number of benzene rings is 1. The number of nitrogens with zero attached hydrogens (tertiary/aromatic N) is 2. The number of aromatic nitrogens is 2. The summed E-state index contributed by atoms with van der Waals surface area (Å²) in [6, 6.07) is 5.57. The van der Waals surface area contributed by atoms with Gasteiger partial charge in [-0.15, -0.1) is 0 Å². The number of nitrogens with one attached hydrogen (secondary N) is 1. The first kappa shape index (κ1) is 14.9. The van der Waals surface area contributed by atoms with Crippen LogP contribution in [-0.4, -0.2) is 28.1 Å². The zero-order valence-electron chi connectivity index (χ0n) is 12.0. The summed E-state index contributed by atoms with van der Waals surface area (Å²) < 4.78 is 13.1. The van der Waals surface area contributed by atoms with Gasteiger partial charge in [-0.25, -0.2) is 19.2 Å². The van der Waals surface area contributed by atoms with Crippen molar-refractivity contribution in [2.45, 2.75) is 19.8 Å². The van der Waals surface area contributed by atoms with Gasteiger partial charge in [0.2, 0.25) is 5.95 Å². The molecule has 0 amide bonds. The zero-order valence-corrected chi connectivity index (χ0v) is 12.0. The molecule has 5 nitrogen and oxygen atoms in total. The number of hydrogen-bond acceptors (Lipinski definition) is 4. The number of carboxylic acid groups (broad SMARTS) is 1. The third-order valence-electron chi connectivity index (χ3n) is 3.04. The minimum absolute atomic E-state index is 0.0515. The molecule has 0 aliphatic heterocycles. The summed E-state index contributed by atoms with van der Waals surface area (Å²) in [5.74, 6) is -1.23. The molecule has 0 saturated heterocycles. The summed E-state index contributed by atoms with van der Waals surface area (Å²) in [6.45, 7) is 3.73. The number of halogens is 1. The van der Waals surface area contributed by atoms with Crippen LogP contribution in [0.5, 0.6) is 0 Å². The van der Waals surface area contributed by atoms with E-state index in [1.54, 1.807) is 7.05 Å². The van der Waals surface area contributed by atoms with E-state index in [0.29, 0.717) is 17.2 Å². The molecular weight excluding hydrogens is 273 g/mol. The number of carboxylic acids is 1. The predicted molar refractivity (Wildman–Crippen MR) is 78.0 cm³/mol. The van der Waals surface area contributed by atoms with Gasteiger partial charge in [0.05, 0.1) is 11.4 Å². The van der Waals surface area contributed by atoms with Crippen LogP contribution < -0.4 is 5.32 Å². The molecule has 1 aromatic carbocycles. The lowest BCUT2D eigenvalue weighted by Gasteiger charge is -2.14. The molecule has 0 unspecified atom stereocenters. The van der Waals surface area contributed by atoms with E-state index in [1.807, 2.05) is 13.8 Å². The molecule has 1 heterocycles. The Labute approximate surface area is 121 Å². The topological polar surface area (TPSA) is 75.1 Å².